The molecule has 4 heteroatoms. The van der Waals surface area contributed by atoms with Crippen molar-refractivity contribution in [1.82, 2.24) is 0 Å². The molecule has 0 aromatic heterocycles. The summed E-state index contributed by atoms with van der Waals surface area (Å²) in [6.45, 7) is 1.96. The average Bonchev–Trinajstić information content (AvgIpc) is 2.00. The summed E-state index contributed by atoms with van der Waals surface area (Å²) in [5.41, 5.74) is 0. The number of hydrogen-bond acceptors (Lipinski definition) is 3. The Morgan fingerprint density at radius 3 is 2.67 bits per heavy atom. The number of unbranched alkanes of at least 4 members (excludes halogenated alkanes) is 1. The van der Waals surface area contributed by atoms with Crippen molar-refractivity contribution in [1.29, 1.82) is 0 Å². The Balaban J connectivity index is 3.68. The first kappa shape index (κ1) is 11.1. The van der Waals surface area contributed by atoms with Gasteiger partial charge in [-0.1, -0.05) is 19.8 Å². The molecule has 12 heavy (non-hydrogen) atoms. The lowest BCUT2D eigenvalue weighted by Crippen LogP contribution is -2.14. The second kappa shape index (κ2) is 6.76. The molecule has 0 aliphatic carbocycles. The van der Waals surface area contributed by atoms with E-state index >= 15 is 0 Å². The second-order valence-electron chi connectivity index (χ2n) is 2.93. The van der Waals surface area contributed by atoms with E-state index in [-0.39, 0.29) is 17.4 Å². The third-order valence-electron chi connectivity index (χ3n) is 1.80. The van der Waals surface area contributed by atoms with Crippen molar-refractivity contribution in [2.45, 2.75) is 32.6 Å². The summed E-state index contributed by atoms with van der Waals surface area (Å²) >= 11 is 0. The number of carbonyl (C=O) groups is 1. The first-order valence-corrected chi connectivity index (χ1v) is 4.26. The van der Waals surface area contributed by atoms with Gasteiger partial charge in [0.2, 0.25) is 6.54 Å². The van der Waals surface area contributed by atoms with Gasteiger partial charge in [-0.05, 0) is 6.42 Å². The van der Waals surface area contributed by atoms with Gasteiger partial charge in [0, 0.05) is 17.3 Å². The number of hydrogen-bond donors (Lipinski definition) is 0. The van der Waals surface area contributed by atoms with Crippen molar-refractivity contribution in [2.24, 2.45) is 5.92 Å². The van der Waals surface area contributed by atoms with Crippen LogP contribution < -0.4 is 0 Å². The Hall–Kier alpha value is -0.930. The zero-order valence-electron chi connectivity index (χ0n) is 7.36. The maximum absolute atomic E-state index is 10.1. The van der Waals surface area contributed by atoms with E-state index in [1.807, 2.05) is 6.92 Å². The predicted molar refractivity (Wildman–Crippen MR) is 45.6 cm³/mol. The first-order valence-electron chi connectivity index (χ1n) is 4.26. The Kier molecular flexibility index (Phi) is 6.24. The van der Waals surface area contributed by atoms with Crippen LogP contribution in [0.15, 0.2) is 0 Å². The van der Waals surface area contributed by atoms with Crippen LogP contribution in [0.2, 0.25) is 0 Å². The van der Waals surface area contributed by atoms with E-state index in [0.29, 0.717) is 6.42 Å². The molecule has 0 aliphatic rings. The van der Waals surface area contributed by atoms with E-state index in [2.05, 4.69) is 0 Å². The van der Waals surface area contributed by atoms with Gasteiger partial charge in [-0.2, -0.15) is 0 Å². The van der Waals surface area contributed by atoms with E-state index in [4.69, 9.17) is 0 Å². The Morgan fingerprint density at radius 2 is 2.25 bits per heavy atom. The zero-order chi connectivity index (χ0) is 9.40. The normalized spacial score (nSPS) is 12.4. The van der Waals surface area contributed by atoms with E-state index in [9.17, 15) is 14.9 Å². The molecule has 0 spiro atoms. The molecule has 1 atom stereocenters. The summed E-state index contributed by atoms with van der Waals surface area (Å²) < 4.78 is 0. The lowest BCUT2D eigenvalue weighted by Gasteiger charge is -2.07. The van der Waals surface area contributed by atoms with E-state index in [0.717, 1.165) is 25.5 Å². The van der Waals surface area contributed by atoms with Crippen LogP contribution in [0.4, 0.5) is 0 Å². The maximum Gasteiger partial charge on any atom is 0.207 e. The van der Waals surface area contributed by atoms with Gasteiger partial charge in [-0.15, -0.1) is 0 Å². The van der Waals surface area contributed by atoms with E-state index in [1.165, 1.54) is 0 Å². The van der Waals surface area contributed by atoms with Gasteiger partial charge in [-0.25, -0.2) is 0 Å². The topological polar surface area (TPSA) is 60.2 Å². The maximum atomic E-state index is 10.1. The Bertz CT molecular complexity index is 147. The molecular formula is C8H15NO3. The SMILES string of the molecule is CCCCC(CC=O)C[N+](=O)[O-]. The van der Waals surface area contributed by atoms with Crippen molar-refractivity contribution in [2.75, 3.05) is 6.54 Å². The van der Waals surface area contributed by atoms with Gasteiger partial charge in [0.1, 0.15) is 6.29 Å². The molecule has 70 valence electrons. The van der Waals surface area contributed by atoms with Crippen molar-refractivity contribution in [3.8, 4) is 0 Å². The molecule has 4 nitrogen and oxygen atoms in total. The van der Waals surface area contributed by atoms with Crippen LogP contribution >= 0.6 is 0 Å². The lowest BCUT2D eigenvalue weighted by atomic mass is 9.99. The van der Waals surface area contributed by atoms with Gasteiger partial charge in [0.05, 0.1) is 0 Å². The molecule has 0 fully saturated rings. The molecule has 0 saturated carbocycles. The number of rotatable bonds is 7. The highest BCUT2D eigenvalue weighted by molar-refractivity contribution is 5.49. The van der Waals surface area contributed by atoms with Gasteiger partial charge < -0.3 is 4.79 Å². The fraction of sp³-hybridized carbons (Fsp3) is 0.875. The third-order valence-corrected chi connectivity index (χ3v) is 1.80. The van der Waals surface area contributed by atoms with E-state index < -0.39 is 0 Å². The fourth-order valence-electron chi connectivity index (χ4n) is 1.12. The third kappa shape index (κ3) is 5.82. The van der Waals surface area contributed by atoms with Crippen LogP contribution in [0, 0.1) is 16.0 Å². The molecule has 0 saturated heterocycles. The predicted octanol–water partition coefficient (Wildman–Crippen LogP) is 1.66. The van der Waals surface area contributed by atoms with Gasteiger partial charge in [-0.3, -0.25) is 10.1 Å². The van der Waals surface area contributed by atoms with Gasteiger partial charge in [0.25, 0.3) is 0 Å². The molecule has 0 N–H and O–H groups in total. The Morgan fingerprint density at radius 1 is 1.58 bits per heavy atom. The minimum absolute atomic E-state index is 0.0579. The Labute approximate surface area is 72.1 Å². The zero-order valence-corrected chi connectivity index (χ0v) is 7.36. The second-order valence-corrected chi connectivity index (χ2v) is 2.93. The highest BCUT2D eigenvalue weighted by atomic mass is 16.6. The summed E-state index contributed by atoms with van der Waals surface area (Å²) in [5.74, 6) is -0.0579. The number of carbonyl (C=O) groups excluding carboxylic acids is 1. The number of nitrogens with zero attached hydrogens (tertiary/aromatic N) is 1. The molecule has 0 radical (unpaired) electrons. The summed E-state index contributed by atoms with van der Waals surface area (Å²) in [5, 5.41) is 10.1. The lowest BCUT2D eigenvalue weighted by molar-refractivity contribution is -0.488. The summed E-state index contributed by atoms with van der Waals surface area (Å²) in [6, 6.07) is 0. The van der Waals surface area contributed by atoms with Crippen molar-refractivity contribution >= 4 is 6.29 Å². The van der Waals surface area contributed by atoms with Crippen LogP contribution in [0.5, 0.6) is 0 Å². The summed E-state index contributed by atoms with van der Waals surface area (Å²) in [4.78, 5) is 19.9. The van der Waals surface area contributed by atoms with Gasteiger partial charge >= 0.3 is 0 Å². The minimum atomic E-state index is -0.343. The van der Waals surface area contributed by atoms with Crippen LogP contribution in [-0.2, 0) is 4.79 Å². The van der Waals surface area contributed by atoms with Crippen LogP contribution in [0.25, 0.3) is 0 Å². The molecule has 0 aromatic carbocycles. The minimum Gasteiger partial charge on any atom is -0.303 e. The molecular weight excluding hydrogens is 158 g/mol. The highest BCUT2D eigenvalue weighted by Gasteiger charge is 2.13. The summed E-state index contributed by atoms with van der Waals surface area (Å²) in [6.07, 6.45) is 3.86. The smallest absolute Gasteiger partial charge is 0.207 e. The molecule has 0 heterocycles. The quantitative estimate of drug-likeness (QED) is 0.334. The van der Waals surface area contributed by atoms with Crippen molar-refractivity contribution in [3.05, 3.63) is 10.1 Å². The summed E-state index contributed by atoms with van der Waals surface area (Å²) in [7, 11) is 0. The van der Waals surface area contributed by atoms with Crippen LogP contribution in [0.3, 0.4) is 0 Å². The van der Waals surface area contributed by atoms with Crippen LogP contribution in [-0.4, -0.2) is 17.8 Å². The van der Waals surface area contributed by atoms with Crippen LogP contribution in [0.1, 0.15) is 32.6 Å². The molecule has 0 aromatic rings. The van der Waals surface area contributed by atoms with E-state index in [1.54, 1.807) is 0 Å². The molecule has 0 aliphatic heterocycles. The van der Waals surface area contributed by atoms with Crippen molar-refractivity contribution in [3.63, 3.8) is 0 Å². The van der Waals surface area contributed by atoms with Crippen molar-refractivity contribution < 1.29 is 9.72 Å². The molecule has 0 bridgehead atoms. The number of aldehydes is 1. The first-order chi connectivity index (χ1) is 5.70. The fourth-order valence-corrected chi connectivity index (χ4v) is 1.12. The molecule has 0 rings (SSSR count). The molecule has 1 unspecified atom stereocenters. The standard InChI is InChI=1S/C8H15NO3/c1-2-3-4-8(5-6-10)7-9(11)12/h6,8H,2-5,7H2,1H3. The largest absolute Gasteiger partial charge is 0.303 e. The average molecular weight is 173 g/mol. The number of nitro groups is 1. The van der Waals surface area contributed by atoms with Gasteiger partial charge in [0.15, 0.2) is 0 Å². The highest BCUT2D eigenvalue weighted by Crippen LogP contribution is 2.11. The molecule has 0 amide bonds. The monoisotopic (exact) mass is 173 g/mol.